The first-order chi connectivity index (χ1) is 17.8. The molecule has 1 amide bonds. The van der Waals surface area contributed by atoms with E-state index in [0.717, 1.165) is 10.9 Å². The summed E-state index contributed by atoms with van der Waals surface area (Å²) in [4.78, 5) is 17.0. The average Bonchev–Trinajstić information content (AvgIpc) is 2.90. The molecule has 3 aromatic carbocycles. The van der Waals surface area contributed by atoms with Crippen LogP contribution >= 0.6 is 0 Å². The lowest BCUT2D eigenvalue weighted by atomic mass is 10.1. The summed E-state index contributed by atoms with van der Waals surface area (Å²) in [7, 11) is -2.31. The van der Waals surface area contributed by atoms with Crippen LogP contribution in [0.3, 0.4) is 0 Å². The Kier molecular flexibility index (Phi) is 7.48. The van der Waals surface area contributed by atoms with E-state index < -0.39 is 15.9 Å². The molecule has 1 aromatic heterocycles. The summed E-state index contributed by atoms with van der Waals surface area (Å²) >= 11 is 0. The van der Waals surface area contributed by atoms with Gasteiger partial charge in [-0.15, -0.1) is 0 Å². The van der Waals surface area contributed by atoms with Crippen molar-refractivity contribution in [3.8, 4) is 17.6 Å². The monoisotopic (exact) mass is 514 g/mol. The van der Waals surface area contributed by atoms with Gasteiger partial charge in [0.2, 0.25) is 10.0 Å². The van der Waals surface area contributed by atoms with E-state index in [9.17, 15) is 18.5 Å². The summed E-state index contributed by atoms with van der Waals surface area (Å²) in [5.74, 6) is 0.552. The van der Waals surface area contributed by atoms with Gasteiger partial charge in [0.15, 0.2) is 0 Å². The minimum atomic E-state index is -3.85. The van der Waals surface area contributed by atoms with Gasteiger partial charge in [-0.3, -0.25) is 9.78 Å². The maximum Gasteiger partial charge on any atom is 0.266 e. The Morgan fingerprint density at radius 3 is 2.54 bits per heavy atom. The van der Waals surface area contributed by atoms with Crippen molar-refractivity contribution in [3.05, 3.63) is 95.7 Å². The van der Waals surface area contributed by atoms with Crippen molar-refractivity contribution < 1.29 is 22.7 Å². The van der Waals surface area contributed by atoms with Crippen molar-refractivity contribution in [2.75, 3.05) is 12.4 Å². The molecule has 0 bridgehead atoms. The molecular weight excluding hydrogens is 492 g/mol. The summed E-state index contributed by atoms with van der Waals surface area (Å²) in [5, 5.41) is 18.2. The molecule has 37 heavy (non-hydrogen) atoms. The molecule has 0 saturated heterocycles. The number of aromatic nitrogens is 1. The van der Waals surface area contributed by atoms with Crippen LogP contribution in [0.5, 0.6) is 11.5 Å². The second kappa shape index (κ2) is 10.9. The van der Waals surface area contributed by atoms with E-state index in [-0.39, 0.29) is 17.1 Å². The van der Waals surface area contributed by atoms with Gasteiger partial charge < -0.3 is 14.8 Å². The highest BCUT2D eigenvalue weighted by Crippen LogP contribution is 2.27. The van der Waals surface area contributed by atoms with Crippen molar-refractivity contribution in [1.29, 1.82) is 5.26 Å². The SMILES string of the molecule is COc1ccc(C=C(C#N)C(=O)Nc2ccc(S(N)(=O)=O)cc2)cc1COc1cccc2cccnc12. The van der Waals surface area contributed by atoms with E-state index in [1.54, 1.807) is 31.5 Å². The molecule has 0 spiro atoms. The molecule has 0 aliphatic carbocycles. The third-order valence-corrected chi connectivity index (χ3v) is 6.33. The normalized spacial score (nSPS) is 11.5. The molecule has 0 fully saturated rings. The van der Waals surface area contributed by atoms with Gasteiger partial charge in [0.1, 0.15) is 35.3 Å². The smallest absolute Gasteiger partial charge is 0.266 e. The van der Waals surface area contributed by atoms with Gasteiger partial charge in [-0.25, -0.2) is 13.6 Å². The van der Waals surface area contributed by atoms with E-state index in [1.165, 1.54) is 30.3 Å². The highest BCUT2D eigenvalue weighted by molar-refractivity contribution is 7.89. The minimum absolute atomic E-state index is 0.0891. The third-order valence-electron chi connectivity index (χ3n) is 5.40. The number of pyridine rings is 1. The number of methoxy groups -OCH3 is 1. The fourth-order valence-corrected chi connectivity index (χ4v) is 4.11. The number of hydrogen-bond acceptors (Lipinski definition) is 7. The van der Waals surface area contributed by atoms with Gasteiger partial charge >= 0.3 is 0 Å². The van der Waals surface area contributed by atoms with Crippen molar-refractivity contribution in [1.82, 2.24) is 4.98 Å². The van der Waals surface area contributed by atoms with Crippen LogP contribution in [0.15, 0.2) is 89.5 Å². The fourth-order valence-electron chi connectivity index (χ4n) is 3.59. The Morgan fingerprint density at radius 1 is 1.08 bits per heavy atom. The van der Waals surface area contributed by atoms with Gasteiger partial charge in [-0.05, 0) is 60.2 Å². The van der Waals surface area contributed by atoms with Crippen LogP contribution in [-0.2, 0) is 21.4 Å². The van der Waals surface area contributed by atoms with Crippen LogP contribution in [0.2, 0.25) is 0 Å². The number of amides is 1. The maximum absolute atomic E-state index is 12.7. The summed E-state index contributed by atoms with van der Waals surface area (Å²) in [6.45, 7) is 0.172. The Hall–Kier alpha value is -4.72. The Balaban J connectivity index is 1.54. The summed E-state index contributed by atoms with van der Waals surface area (Å²) in [5.41, 5.74) is 2.20. The molecule has 4 rings (SSSR count). The molecule has 0 unspecified atom stereocenters. The lowest BCUT2D eigenvalue weighted by Gasteiger charge is -2.12. The maximum atomic E-state index is 12.7. The van der Waals surface area contributed by atoms with Crippen LogP contribution in [-0.4, -0.2) is 26.4 Å². The number of primary sulfonamides is 1. The Bertz CT molecular complexity index is 1640. The number of hydrogen-bond donors (Lipinski definition) is 2. The zero-order valence-corrected chi connectivity index (χ0v) is 20.5. The van der Waals surface area contributed by atoms with Crippen LogP contribution in [0.25, 0.3) is 17.0 Å². The number of fused-ring (bicyclic) bond motifs is 1. The number of nitrogens with one attached hydrogen (secondary N) is 1. The quantitative estimate of drug-likeness (QED) is 0.267. The van der Waals surface area contributed by atoms with E-state index in [1.807, 2.05) is 36.4 Å². The molecule has 10 heteroatoms. The number of para-hydroxylation sites is 1. The number of rotatable bonds is 8. The number of carbonyl (C=O) groups is 1. The second-order valence-corrected chi connectivity index (χ2v) is 9.45. The number of carbonyl (C=O) groups excluding carboxylic acids is 1. The van der Waals surface area contributed by atoms with Gasteiger partial charge in [0.05, 0.1) is 12.0 Å². The molecule has 0 aliphatic heterocycles. The van der Waals surface area contributed by atoms with E-state index in [0.29, 0.717) is 28.3 Å². The lowest BCUT2D eigenvalue weighted by Crippen LogP contribution is -2.14. The molecule has 0 aliphatic rings. The van der Waals surface area contributed by atoms with Gasteiger partial charge in [0, 0.05) is 22.8 Å². The second-order valence-electron chi connectivity index (χ2n) is 7.88. The number of nitrogens with two attached hydrogens (primary N) is 1. The number of nitriles is 1. The van der Waals surface area contributed by atoms with Crippen LogP contribution in [0, 0.1) is 11.3 Å². The number of nitrogens with zero attached hydrogens (tertiary/aromatic N) is 2. The molecule has 186 valence electrons. The Morgan fingerprint density at radius 2 is 1.84 bits per heavy atom. The van der Waals surface area contributed by atoms with Gasteiger partial charge in [0.25, 0.3) is 5.91 Å². The molecule has 0 radical (unpaired) electrons. The number of ether oxygens (including phenoxy) is 2. The molecular formula is C27H22N4O5S. The minimum Gasteiger partial charge on any atom is -0.496 e. The van der Waals surface area contributed by atoms with E-state index in [2.05, 4.69) is 10.3 Å². The predicted molar refractivity (Wildman–Crippen MR) is 139 cm³/mol. The van der Waals surface area contributed by atoms with Crippen molar-refractivity contribution >= 4 is 38.6 Å². The molecule has 3 N–H and O–H groups in total. The standard InChI is InChI=1S/C27H22N4O5S/c1-35-24-12-7-18(15-21(24)17-36-25-6-2-4-19-5-3-13-30-26(19)25)14-20(16-28)27(32)31-22-8-10-23(11-9-22)37(29,33)34/h2-15H,17H2,1H3,(H,31,32)(H2,29,33,34). The van der Waals surface area contributed by atoms with Crippen LogP contribution in [0.1, 0.15) is 11.1 Å². The largest absolute Gasteiger partial charge is 0.496 e. The zero-order chi connectivity index (χ0) is 26.4. The average molecular weight is 515 g/mol. The van der Waals surface area contributed by atoms with Gasteiger partial charge in [-0.1, -0.05) is 24.3 Å². The first kappa shape index (κ1) is 25.4. The van der Waals surface area contributed by atoms with Crippen LogP contribution in [0.4, 0.5) is 5.69 Å². The first-order valence-corrected chi connectivity index (χ1v) is 12.5. The molecule has 4 aromatic rings. The zero-order valence-electron chi connectivity index (χ0n) is 19.7. The first-order valence-electron chi connectivity index (χ1n) is 11.0. The summed E-state index contributed by atoms with van der Waals surface area (Å²) < 4.78 is 34.3. The molecule has 1 heterocycles. The predicted octanol–water partition coefficient (Wildman–Crippen LogP) is 4.02. The van der Waals surface area contributed by atoms with E-state index in [4.69, 9.17) is 14.6 Å². The van der Waals surface area contributed by atoms with Gasteiger partial charge in [-0.2, -0.15) is 5.26 Å². The highest BCUT2D eigenvalue weighted by Gasteiger charge is 2.13. The van der Waals surface area contributed by atoms with Crippen molar-refractivity contribution in [3.63, 3.8) is 0 Å². The van der Waals surface area contributed by atoms with E-state index >= 15 is 0 Å². The number of anilines is 1. The van der Waals surface area contributed by atoms with Crippen molar-refractivity contribution in [2.45, 2.75) is 11.5 Å². The summed E-state index contributed by atoms with van der Waals surface area (Å²) in [6, 6.07) is 21.9. The lowest BCUT2D eigenvalue weighted by molar-refractivity contribution is -0.112. The third kappa shape index (κ3) is 6.10. The number of sulfonamides is 1. The number of benzene rings is 3. The van der Waals surface area contributed by atoms with Crippen LogP contribution < -0.4 is 19.9 Å². The summed E-state index contributed by atoms with van der Waals surface area (Å²) in [6.07, 6.45) is 3.14. The fraction of sp³-hybridized carbons (Fsp3) is 0.0741. The topological polar surface area (TPSA) is 144 Å². The Labute approximate surface area is 213 Å². The van der Waals surface area contributed by atoms with Crippen molar-refractivity contribution in [2.24, 2.45) is 5.14 Å². The molecule has 0 atom stereocenters. The molecule has 0 saturated carbocycles. The molecule has 9 nitrogen and oxygen atoms in total. The highest BCUT2D eigenvalue weighted by atomic mass is 32.2.